The van der Waals surface area contributed by atoms with E-state index in [-0.39, 0.29) is 11.8 Å². The molecule has 98 valence electrons. The van der Waals surface area contributed by atoms with Gasteiger partial charge in [-0.3, -0.25) is 4.79 Å². The maximum absolute atomic E-state index is 11.5. The van der Waals surface area contributed by atoms with Gasteiger partial charge in [0.15, 0.2) is 0 Å². The second-order valence-corrected chi connectivity index (χ2v) is 4.65. The Hall–Kier alpha value is -1.69. The molecule has 1 aromatic rings. The molecule has 1 aliphatic rings. The Bertz CT molecular complexity index is 397. The monoisotopic (exact) mass is 249 g/mol. The van der Waals surface area contributed by atoms with Gasteiger partial charge in [-0.1, -0.05) is 13.8 Å². The highest BCUT2D eigenvalue weighted by Gasteiger charge is 2.13. The molecule has 1 aliphatic heterocycles. The number of carbonyl (C=O) groups is 1. The molecule has 2 N–H and O–H groups in total. The first kappa shape index (κ1) is 12.8. The van der Waals surface area contributed by atoms with Crippen molar-refractivity contribution in [1.29, 1.82) is 0 Å². The van der Waals surface area contributed by atoms with Crippen molar-refractivity contribution in [2.24, 2.45) is 5.92 Å². The lowest BCUT2D eigenvalue weighted by atomic mass is 10.2. The molecule has 0 aromatic carbocycles. The zero-order valence-electron chi connectivity index (χ0n) is 10.8. The van der Waals surface area contributed by atoms with E-state index >= 15 is 0 Å². The number of amides is 1. The highest BCUT2D eigenvalue weighted by Crippen LogP contribution is 2.11. The standard InChI is InChI=1S/C12H19N5O/c1-9(2)11(18)16-10-7-14-12(15-8-10)17-5-3-13-4-6-17/h7-9,13H,3-6H2,1-2H3,(H,16,18). The van der Waals surface area contributed by atoms with Gasteiger partial charge in [0, 0.05) is 32.1 Å². The van der Waals surface area contributed by atoms with Gasteiger partial charge in [-0.05, 0) is 0 Å². The van der Waals surface area contributed by atoms with Crippen LogP contribution in [0.2, 0.25) is 0 Å². The summed E-state index contributed by atoms with van der Waals surface area (Å²) >= 11 is 0. The number of hydrogen-bond acceptors (Lipinski definition) is 5. The van der Waals surface area contributed by atoms with Crippen LogP contribution in [0, 0.1) is 5.92 Å². The molecule has 1 aromatic heterocycles. The van der Waals surface area contributed by atoms with E-state index in [0.29, 0.717) is 5.69 Å². The number of piperazine rings is 1. The fourth-order valence-corrected chi connectivity index (χ4v) is 1.70. The average Bonchev–Trinajstić information content (AvgIpc) is 2.40. The highest BCUT2D eigenvalue weighted by molar-refractivity contribution is 5.91. The van der Waals surface area contributed by atoms with Crippen molar-refractivity contribution < 1.29 is 4.79 Å². The van der Waals surface area contributed by atoms with Crippen LogP contribution in [0.25, 0.3) is 0 Å². The molecular formula is C12H19N5O. The molecule has 18 heavy (non-hydrogen) atoms. The van der Waals surface area contributed by atoms with E-state index in [9.17, 15) is 4.79 Å². The highest BCUT2D eigenvalue weighted by atomic mass is 16.1. The number of anilines is 2. The summed E-state index contributed by atoms with van der Waals surface area (Å²) in [6, 6.07) is 0. The maximum atomic E-state index is 11.5. The van der Waals surface area contributed by atoms with Crippen LogP contribution in [0.1, 0.15) is 13.8 Å². The first-order chi connectivity index (χ1) is 8.66. The van der Waals surface area contributed by atoms with Crippen LogP contribution in [-0.2, 0) is 4.79 Å². The summed E-state index contributed by atoms with van der Waals surface area (Å²) < 4.78 is 0. The largest absolute Gasteiger partial charge is 0.338 e. The van der Waals surface area contributed by atoms with E-state index in [1.165, 1.54) is 0 Å². The Morgan fingerprint density at radius 3 is 2.50 bits per heavy atom. The molecule has 6 heteroatoms. The van der Waals surface area contributed by atoms with Crippen LogP contribution < -0.4 is 15.5 Å². The van der Waals surface area contributed by atoms with E-state index < -0.39 is 0 Å². The van der Waals surface area contributed by atoms with E-state index in [4.69, 9.17) is 0 Å². The Balaban J connectivity index is 1.98. The van der Waals surface area contributed by atoms with Crippen molar-refractivity contribution in [3.8, 4) is 0 Å². The Morgan fingerprint density at radius 2 is 1.94 bits per heavy atom. The van der Waals surface area contributed by atoms with Crippen molar-refractivity contribution in [2.75, 3.05) is 36.4 Å². The molecule has 1 fully saturated rings. The minimum absolute atomic E-state index is 0.0199. The molecule has 0 radical (unpaired) electrons. The van der Waals surface area contributed by atoms with Crippen LogP contribution in [0.4, 0.5) is 11.6 Å². The summed E-state index contributed by atoms with van der Waals surface area (Å²) in [4.78, 5) is 22.2. The molecule has 2 rings (SSSR count). The molecule has 2 heterocycles. The van der Waals surface area contributed by atoms with Gasteiger partial charge in [0.1, 0.15) is 0 Å². The predicted octanol–water partition coefficient (Wildman–Crippen LogP) is 0.481. The summed E-state index contributed by atoms with van der Waals surface area (Å²) in [6.45, 7) is 7.44. The van der Waals surface area contributed by atoms with Gasteiger partial charge in [0.25, 0.3) is 0 Å². The maximum Gasteiger partial charge on any atom is 0.227 e. The summed E-state index contributed by atoms with van der Waals surface area (Å²) in [5.41, 5.74) is 0.646. The Morgan fingerprint density at radius 1 is 1.33 bits per heavy atom. The molecule has 0 unspecified atom stereocenters. The predicted molar refractivity (Wildman–Crippen MR) is 70.6 cm³/mol. The first-order valence-corrected chi connectivity index (χ1v) is 6.25. The van der Waals surface area contributed by atoms with Gasteiger partial charge in [-0.25, -0.2) is 9.97 Å². The third-order valence-electron chi connectivity index (χ3n) is 2.83. The summed E-state index contributed by atoms with van der Waals surface area (Å²) in [7, 11) is 0. The molecule has 0 saturated carbocycles. The second-order valence-electron chi connectivity index (χ2n) is 4.65. The molecule has 1 saturated heterocycles. The fourth-order valence-electron chi connectivity index (χ4n) is 1.70. The van der Waals surface area contributed by atoms with E-state index in [2.05, 4.69) is 25.5 Å². The van der Waals surface area contributed by atoms with Crippen molar-refractivity contribution >= 4 is 17.5 Å². The number of carbonyl (C=O) groups excluding carboxylic acids is 1. The number of rotatable bonds is 3. The fraction of sp³-hybridized carbons (Fsp3) is 0.583. The van der Waals surface area contributed by atoms with E-state index in [1.807, 2.05) is 13.8 Å². The smallest absolute Gasteiger partial charge is 0.227 e. The Kier molecular flexibility index (Phi) is 4.09. The number of nitrogens with one attached hydrogen (secondary N) is 2. The van der Waals surface area contributed by atoms with Gasteiger partial charge in [-0.2, -0.15) is 0 Å². The van der Waals surface area contributed by atoms with Crippen LogP contribution >= 0.6 is 0 Å². The molecule has 6 nitrogen and oxygen atoms in total. The second kappa shape index (κ2) is 5.77. The van der Waals surface area contributed by atoms with Gasteiger partial charge in [-0.15, -0.1) is 0 Å². The van der Waals surface area contributed by atoms with Gasteiger partial charge < -0.3 is 15.5 Å². The van der Waals surface area contributed by atoms with E-state index in [0.717, 1.165) is 32.1 Å². The number of aromatic nitrogens is 2. The van der Waals surface area contributed by atoms with Crippen molar-refractivity contribution in [3.63, 3.8) is 0 Å². The molecular weight excluding hydrogens is 230 g/mol. The topological polar surface area (TPSA) is 70.2 Å². The van der Waals surface area contributed by atoms with Gasteiger partial charge >= 0.3 is 0 Å². The SMILES string of the molecule is CC(C)C(=O)Nc1cnc(N2CCNCC2)nc1. The Labute approximate surface area is 107 Å². The quantitative estimate of drug-likeness (QED) is 0.815. The molecule has 0 atom stereocenters. The summed E-state index contributed by atoms with van der Waals surface area (Å²) in [6.07, 6.45) is 3.31. The summed E-state index contributed by atoms with van der Waals surface area (Å²) in [5, 5.41) is 6.06. The molecule has 0 spiro atoms. The van der Waals surface area contributed by atoms with Crippen LogP contribution in [0.3, 0.4) is 0 Å². The lowest BCUT2D eigenvalue weighted by molar-refractivity contribution is -0.118. The van der Waals surface area contributed by atoms with Crippen molar-refractivity contribution in [2.45, 2.75) is 13.8 Å². The number of hydrogen-bond donors (Lipinski definition) is 2. The lowest BCUT2D eigenvalue weighted by Crippen LogP contribution is -2.44. The van der Waals surface area contributed by atoms with Crippen molar-refractivity contribution in [3.05, 3.63) is 12.4 Å². The summed E-state index contributed by atoms with van der Waals surface area (Å²) in [5.74, 6) is 0.658. The normalized spacial score (nSPS) is 15.8. The lowest BCUT2D eigenvalue weighted by Gasteiger charge is -2.27. The molecule has 0 bridgehead atoms. The third-order valence-corrected chi connectivity index (χ3v) is 2.83. The van der Waals surface area contributed by atoms with Crippen LogP contribution in [0.5, 0.6) is 0 Å². The number of nitrogens with zero attached hydrogens (tertiary/aromatic N) is 3. The third kappa shape index (κ3) is 3.16. The zero-order chi connectivity index (χ0) is 13.0. The van der Waals surface area contributed by atoms with Gasteiger partial charge in [0.05, 0.1) is 18.1 Å². The molecule has 0 aliphatic carbocycles. The first-order valence-electron chi connectivity index (χ1n) is 6.25. The molecule has 1 amide bonds. The zero-order valence-corrected chi connectivity index (χ0v) is 10.8. The van der Waals surface area contributed by atoms with Crippen LogP contribution in [0.15, 0.2) is 12.4 Å². The van der Waals surface area contributed by atoms with Gasteiger partial charge in [0.2, 0.25) is 11.9 Å². The minimum atomic E-state index is -0.0437. The van der Waals surface area contributed by atoms with E-state index in [1.54, 1.807) is 12.4 Å². The van der Waals surface area contributed by atoms with Crippen molar-refractivity contribution in [1.82, 2.24) is 15.3 Å². The minimum Gasteiger partial charge on any atom is -0.338 e. The van der Waals surface area contributed by atoms with Crippen LogP contribution in [-0.4, -0.2) is 42.1 Å². The average molecular weight is 249 g/mol.